The van der Waals surface area contributed by atoms with Gasteiger partial charge in [-0.3, -0.25) is 4.21 Å². The second-order valence-corrected chi connectivity index (χ2v) is 5.60. The predicted octanol–water partition coefficient (Wildman–Crippen LogP) is 2.32. The Kier molecular flexibility index (Phi) is 3.97. The molecule has 0 bridgehead atoms. The summed E-state index contributed by atoms with van der Waals surface area (Å²) in [7, 11) is -1.17. The third-order valence-corrected chi connectivity index (χ3v) is 4.07. The van der Waals surface area contributed by atoms with Crippen LogP contribution < -0.4 is 0 Å². The van der Waals surface area contributed by atoms with Gasteiger partial charge in [0.25, 0.3) is 0 Å². The fraction of sp³-hybridized carbons (Fsp3) is 0.250. The van der Waals surface area contributed by atoms with E-state index in [1.165, 1.54) is 6.08 Å². The van der Waals surface area contributed by atoms with Gasteiger partial charge in [-0.2, -0.15) is 0 Å². The highest BCUT2D eigenvalue weighted by atomic mass is 35.5. The van der Waals surface area contributed by atoms with Gasteiger partial charge >= 0.3 is 5.97 Å². The maximum absolute atomic E-state index is 12.0. The van der Waals surface area contributed by atoms with Crippen molar-refractivity contribution in [3.63, 3.8) is 0 Å². The maximum atomic E-state index is 12.0. The molecule has 0 amide bonds. The van der Waals surface area contributed by atoms with Gasteiger partial charge in [0.05, 0.1) is 16.6 Å². The number of benzene rings is 1. The van der Waals surface area contributed by atoms with Crippen LogP contribution in [0.2, 0.25) is 5.02 Å². The van der Waals surface area contributed by atoms with Crippen molar-refractivity contribution in [2.24, 2.45) is 0 Å². The number of hydrogen-bond donors (Lipinski definition) is 0. The van der Waals surface area contributed by atoms with E-state index in [0.29, 0.717) is 22.1 Å². The average Bonchev–Trinajstić information content (AvgIpc) is 2.29. The minimum atomic E-state index is -1.17. The lowest BCUT2D eigenvalue weighted by Crippen LogP contribution is -2.25. The Morgan fingerprint density at radius 3 is 2.71 bits per heavy atom. The molecule has 0 N–H and O–H groups in total. The van der Waals surface area contributed by atoms with Crippen LogP contribution in [-0.4, -0.2) is 22.0 Å². The molecule has 3 nitrogen and oxygen atoms in total. The van der Waals surface area contributed by atoms with Gasteiger partial charge in [-0.25, -0.2) is 4.79 Å². The van der Waals surface area contributed by atoms with Crippen molar-refractivity contribution < 1.29 is 13.7 Å². The van der Waals surface area contributed by atoms with Gasteiger partial charge in [-0.15, -0.1) is 0 Å². The third-order valence-electron chi connectivity index (χ3n) is 2.35. The van der Waals surface area contributed by atoms with Crippen molar-refractivity contribution in [3.8, 4) is 0 Å². The zero-order valence-electron chi connectivity index (χ0n) is 8.97. The van der Waals surface area contributed by atoms with Crippen molar-refractivity contribution in [2.75, 3.05) is 5.75 Å². The lowest BCUT2D eigenvalue weighted by atomic mass is 10.2. The number of halogens is 1. The Morgan fingerprint density at radius 1 is 1.35 bits per heavy atom. The Balaban J connectivity index is 1.99. The van der Waals surface area contributed by atoms with Crippen molar-refractivity contribution >= 4 is 28.4 Å². The summed E-state index contributed by atoms with van der Waals surface area (Å²) >= 11 is 5.75. The van der Waals surface area contributed by atoms with E-state index in [1.807, 2.05) is 0 Å². The number of rotatable bonds is 3. The van der Waals surface area contributed by atoms with Crippen LogP contribution in [0.5, 0.6) is 0 Å². The molecule has 5 heteroatoms. The normalized spacial score (nSPS) is 21.0. The SMILES string of the molecule is O=C1C=CC[C@H](CS(=O)c2ccc(Cl)cc2)O1. The van der Waals surface area contributed by atoms with Crippen molar-refractivity contribution in [1.29, 1.82) is 0 Å². The highest BCUT2D eigenvalue weighted by Gasteiger charge is 2.19. The van der Waals surface area contributed by atoms with Crippen LogP contribution >= 0.6 is 11.6 Å². The summed E-state index contributed by atoms with van der Waals surface area (Å²) in [5.41, 5.74) is 0. The summed E-state index contributed by atoms with van der Waals surface area (Å²) in [6.07, 6.45) is 3.45. The molecule has 0 aliphatic carbocycles. The molecule has 1 aromatic carbocycles. The Labute approximate surface area is 107 Å². The minimum Gasteiger partial charge on any atom is -0.458 e. The fourth-order valence-electron chi connectivity index (χ4n) is 1.52. The zero-order valence-corrected chi connectivity index (χ0v) is 10.5. The number of hydrogen-bond acceptors (Lipinski definition) is 3. The number of esters is 1. The van der Waals surface area contributed by atoms with Crippen molar-refractivity contribution in [2.45, 2.75) is 17.4 Å². The highest BCUT2D eigenvalue weighted by molar-refractivity contribution is 7.85. The molecule has 0 aromatic heterocycles. The summed E-state index contributed by atoms with van der Waals surface area (Å²) in [5.74, 6) is -0.0492. The van der Waals surface area contributed by atoms with Gasteiger partial charge in [0.15, 0.2) is 0 Å². The van der Waals surface area contributed by atoms with E-state index >= 15 is 0 Å². The molecule has 17 heavy (non-hydrogen) atoms. The molecule has 2 atom stereocenters. The molecule has 0 fully saturated rings. The summed E-state index contributed by atoms with van der Waals surface area (Å²) < 4.78 is 17.0. The first kappa shape index (κ1) is 12.3. The van der Waals surface area contributed by atoms with Crippen LogP contribution in [0, 0.1) is 0 Å². The molecule has 1 aliphatic rings. The molecule has 1 heterocycles. The van der Waals surface area contributed by atoms with Gasteiger partial charge in [-0.05, 0) is 24.3 Å². The first-order valence-corrected chi connectivity index (χ1v) is 6.86. The van der Waals surface area contributed by atoms with Gasteiger partial charge in [0.2, 0.25) is 0 Å². The molecule has 90 valence electrons. The molecule has 0 spiro atoms. The van der Waals surface area contributed by atoms with Crippen LogP contribution in [0.4, 0.5) is 0 Å². The van der Waals surface area contributed by atoms with Crippen LogP contribution in [0.1, 0.15) is 6.42 Å². The summed E-state index contributed by atoms with van der Waals surface area (Å²) in [6.45, 7) is 0. The minimum absolute atomic E-state index is 0.302. The smallest absolute Gasteiger partial charge is 0.330 e. The second-order valence-electron chi connectivity index (χ2n) is 3.66. The van der Waals surface area contributed by atoms with Crippen LogP contribution in [0.15, 0.2) is 41.3 Å². The lowest BCUT2D eigenvalue weighted by Gasteiger charge is -2.17. The van der Waals surface area contributed by atoms with E-state index < -0.39 is 10.8 Å². The van der Waals surface area contributed by atoms with Gasteiger partial charge in [0, 0.05) is 22.4 Å². The lowest BCUT2D eigenvalue weighted by molar-refractivity contribution is -0.142. The molecule has 2 rings (SSSR count). The van der Waals surface area contributed by atoms with E-state index in [2.05, 4.69) is 0 Å². The monoisotopic (exact) mass is 270 g/mol. The van der Waals surface area contributed by atoms with Crippen molar-refractivity contribution in [3.05, 3.63) is 41.4 Å². The largest absolute Gasteiger partial charge is 0.458 e. The molecule has 0 saturated carbocycles. The van der Waals surface area contributed by atoms with E-state index in [4.69, 9.17) is 16.3 Å². The molecular weight excluding hydrogens is 260 g/mol. The highest BCUT2D eigenvalue weighted by Crippen LogP contribution is 2.16. The number of ether oxygens (including phenoxy) is 1. The first-order valence-electron chi connectivity index (χ1n) is 5.16. The predicted molar refractivity (Wildman–Crippen MR) is 66.4 cm³/mol. The second kappa shape index (κ2) is 5.47. The third kappa shape index (κ3) is 3.41. The Hall–Kier alpha value is -1.13. The molecular formula is C12H11ClO3S. The quantitative estimate of drug-likeness (QED) is 0.792. The van der Waals surface area contributed by atoms with Crippen LogP contribution in [-0.2, 0) is 20.3 Å². The van der Waals surface area contributed by atoms with E-state index in [0.717, 1.165) is 0 Å². The van der Waals surface area contributed by atoms with Gasteiger partial charge < -0.3 is 4.74 Å². The van der Waals surface area contributed by atoms with Crippen molar-refractivity contribution in [1.82, 2.24) is 0 Å². The molecule has 0 radical (unpaired) electrons. The van der Waals surface area contributed by atoms with Crippen LogP contribution in [0.25, 0.3) is 0 Å². The van der Waals surface area contributed by atoms with Crippen LogP contribution in [0.3, 0.4) is 0 Å². The van der Waals surface area contributed by atoms with E-state index in [1.54, 1.807) is 30.3 Å². The topological polar surface area (TPSA) is 43.4 Å². The number of carbonyl (C=O) groups is 1. The Bertz CT molecular complexity index is 467. The van der Waals surface area contributed by atoms with Gasteiger partial charge in [-0.1, -0.05) is 17.7 Å². The average molecular weight is 271 g/mol. The maximum Gasteiger partial charge on any atom is 0.330 e. The van der Waals surface area contributed by atoms with E-state index in [-0.39, 0.29) is 12.1 Å². The van der Waals surface area contributed by atoms with E-state index in [9.17, 15) is 9.00 Å². The molecule has 1 aliphatic heterocycles. The number of carbonyl (C=O) groups excluding carboxylic acids is 1. The molecule has 0 saturated heterocycles. The first-order chi connectivity index (χ1) is 8.15. The standard InChI is InChI=1S/C12H11ClO3S/c13-9-4-6-11(7-5-9)17(15)8-10-2-1-3-12(14)16-10/h1,3-7,10H,2,8H2/t10-,17?/m1/s1. The van der Waals surface area contributed by atoms with Gasteiger partial charge in [0.1, 0.15) is 6.10 Å². The Morgan fingerprint density at radius 2 is 2.06 bits per heavy atom. The molecule has 1 unspecified atom stereocenters. The molecule has 1 aromatic rings. The number of cyclic esters (lactones) is 1. The fourth-order valence-corrected chi connectivity index (χ4v) is 2.82. The summed E-state index contributed by atoms with van der Waals surface area (Å²) in [5, 5.41) is 0.609. The zero-order chi connectivity index (χ0) is 12.3. The summed E-state index contributed by atoms with van der Waals surface area (Å²) in [6, 6.07) is 6.83. The summed E-state index contributed by atoms with van der Waals surface area (Å²) in [4.78, 5) is 11.7.